The fraction of sp³-hybridized carbons (Fsp3) is 0.273. The van der Waals surface area contributed by atoms with E-state index < -0.39 is 11.7 Å². The zero-order valence-electron chi connectivity index (χ0n) is 9.48. The fourth-order valence-corrected chi connectivity index (χ4v) is 1.51. The third-order valence-corrected chi connectivity index (χ3v) is 2.40. The van der Waals surface area contributed by atoms with Gasteiger partial charge in [0.05, 0.1) is 11.8 Å². The van der Waals surface area contributed by atoms with Crippen molar-refractivity contribution in [3.8, 4) is 5.75 Å². The minimum Gasteiger partial charge on any atom is -0.459 e. The van der Waals surface area contributed by atoms with Crippen LogP contribution < -0.4 is 4.74 Å². The molecule has 0 bridgehead atoms. The molecule has 7 heteroatoms. The molecule has 0 radical (unpaired) electrons. The molecular formula is C11H11F3N2O2. The largest absolute Gasteiger partial charge is 0.459 e. The molecule has 1 heterocycles. The molecule has 1 aliphatic heterocycles. The van der Waals surface area contributed by atoms with Gasteiger partial charge in [0.15, 0.2) is 0 Å². The van der Waals surface area contributed by atoms with Crippen molar-refractivity contribution in [1.82, 2.24) is 10.2 Å². The molecule has 0 unspecified atom stereocenters. The van der Waals surface area contributed by atoms with Gasteiger partial charge in [-0.05, 0) is 18.2 Å². The van der Waals surface area contributed by atoms with Gasteiger partial charge in [-0.3, -0.25) is 10.2 Å². The predicted octanol–water partition coefficient (Wildman–Crippen LogP) is 2.48. The molecule has 0 aromatic heterocycles. The predicted molar refractivity (Wildman–Crippen MR) is 56.4 cm³/mol. The van der Waals surface area contributed by atoms with Crippen LogP contribution in [0.15, 0.2) is 36.2 Å². The first-order chi connectivity index (χ1) is 8.36. The smallest absolute Gasteiger partial charge is 0.416 e. The molecule has 1 N–H and O–H groups in total. The molecule has 1 aromatic rings. The van der Waals surface area contributed by atoms with Crippen molar-refractivity contribution in [2.75, 3.05) is 13.6 Å². The van der Waals surface area contributed by atoms with Crippen LogP contribution in [0.5, 0.6) is 5.75 Å². The first kappa shape index (κ1) is 12.7. The molecule has 98 valence electrons. The summed E-state index contributed by atoms with van der Waals surface area (Å²) in [6, 6.07) is 4.59. The number of halogens is 3. The second-order valence-electron chi connectivity index (χ2n) is 3.83. The van der Waals surface area contributed by atoms with Crippen LogP contribution in [0.2, 0.25) is 0 Å². The van der Waals surface area contributed by atoms with Crippen molar-refractivity contribution in [1.29, 1.82) is 0 Å². The molecule has 0 fully saturated rings. The van der Waals surface area contributed by atoms with Crippen molar-refractivity contribution in [2.45, 2.75) is 6.18 Å². The van der Waals surface area contributed by atoms with Crippen molar-refractivity contribution in [2.24, 2.45) is 0 Å². The molecule has 0 atom stereocenters. The number of hydroxylamine groups is 1. The Balaban J connectivity index is 2.14. The number of hydrogen-bond acceptors (Lipinski definition) is 4. The van der Waals surface area contributed by atoms with Gasteiger partial charge >= 0.3 is 6.18 Å². The van der Waals surface area contributed by atoms with Crippen LogP contribution in [0.25, 0.3) is 0 Å². The van der Waals surface area contributed by atoms with Crippen molar-refractivity contribution >= 4 is 0 Å². The number of alkyl halides is 3. The van der Waals surface area contributed by atoms with Crippen molar-refractivity contribution in [3.63, 3.8) is 0 Å². The number of hydrogen-bond donors (Lipinski definition) is 1. The highest BCUT2D eigenvalue weighted by atomic mass is 19.4. The van der Waals surface area contributed by atoms with E-state index in [1.54, 1.807) is 7.05 Å². The van der Waals surface area contributed by atoms with Crippen LogP contribution in [0.4, 0.5) is 13.2 Å². The highest BCUT2D eigenvalue weighted by Crippen LogP contribution is 2.31. The molecule has 0 saturated heterocycles. The first-order valence-electron chi connectivity index (χ1n) is 5.11. The van der Waals surface area contributed by atoms with Gasteiger partial charge < -0.3 is 4.74 Å². The summed E-state index contributed by atoms with van der Waals surface area (Å²) in [6.07, 6.45) is -2.91. The molecule has 1 aromatic carbocycles. The monoisotopic (exact) mass is 260 g/mol. The van der Waals surface area contributed by atoms with Crippen LogP contribution >= 0.6 is 0 Å². The second-order valence-corrected chi connectivity index (χ2v) is 3.83. The van der Waals surface area contributed by atoms with Crippen LogP contribution in [0.1, 0.15) is 5.56 Å². The third kappa shape index (κ3) is 2.74. The lowest BCUT2D eigenvalue weighted by molar-refractivity contribution is -0.197. The van der Waals surface area contributed by atoms with Gasteiger partial charge in [0, 0.05) is 7.05 Å². The van der Waals surface area contributed by atoms with Gasteiger partial charge in [-0.2, -0.15) is 13.2 Å². The highest BCUT2D eigenvalue weighted by molar-refractivity contribution is 5.31. The fourth-order valence-electron chi connectivity index (χ4n) is 1.51. The lowest BCUT2D eigenvalue weighted by Gasteiger charge is -2.15. The van der Waals surface area contributed by atoms with E-state index in [1.165, 1.54) is 23.3 Å². The van der Waals surface area contributed by atoms with Gasteiger partial charge in [0.1, 0.15) is 18.1 Å². The van der Waals surface area contributed by atoms with E-state index in [2.05, 4.69) is 0 Å². The number of nitrogens with zero attached hydrogens (tertiary/aromatic N) is 2. The Labute approximate surface area is 101 Å². The van der Waals surface area contributed by atoms with Gasteiger partial charge in [-0.15, -0.1) is 0 Å². The lowest BCUT2D eigenvalue weighted by atomic mass is 10.2. The maximum atomic E-state index is 12.5. The van der Waals surface area contributed by atoms with Crippen molar-refractivity contribution in [3.05, 3.63) is 41.8 Å². The molecule has 0 spiro atoms. The normalized spacial score (nSPS) is 16.9. The van der Waals surface area contributed by atoms with Gasteiger partial charge in [-0.1, -0.05) is 11.2 Å². The third-order valence-electron chi connectivity index (χ3n) is 2.40. The standard InChI is InChI=1S/C11H11F3N2O2/c1-15-6-10(7-16(15)17)18-9-4-2-3-8(5-9)11(12,13)14/h2-6,17H,7H2,1H3. The Morgan fingerprint density at radius 3 is 2.61 bits per heavy atom. The van der Waals surface area contributed by atoms with E-state index >= 15 is 0 Å². The second kappa shape index (κ2) is 4.51. The quantitative estimate of drug-likeness (QED) is 0.886. The summed E-state index contributed by atoms with van der Waals surface area (Å²) < 4.78 is 42.7. The number of rotatable bonds is 2. The molecule has 18 heavy (non-hydrogen) atoms. The number of benzene rings is 1. The van der Waals surface area contributed by atoms with Crippen LogP contribution in [-0.4, -0.2) is 29.0 Å². The molecule has 2 rings (SSSR count). The Hall–Kier alpha value is -1.73. The average Bonchev–Trinajstić information content (AvgIpc) is 2.57. The van der Waals surface area contributed by atoms with E-state index in [-0.39, 0.29) is 12.3 Å². The summed E-state index contributed by atoms with van der Waals surface area (Å²) in [5, 5.41) is 11.5. The molecule has 1 aliphatic rings. The summed E-state index contributed by atoms with van der Waals surface area (Å²) in [4.78, 5) is 0. The molecule has 0 amide bonds. The Morgan fingerprint density at radius 2 is 2.06 bits per heavy atom. The van der Waals surface area contributed by atoms with Crippen LogP contribution in [-0.2, 0) is 6.18 Å². The molecule has 4 nitrogen and oxygen atoms in total. The van der Waals surface area contributed by atoms with Gasteiger partial charge in [-0.25, -0.2) is 0 Å². The summed E-state index contributed by atoms with van der Waals surface area (Å²) >= 11 is 0. The maximum Gasteiger partial charge on any atom is 0.416 e. The molecule has 0 aliphatic carbocycles. The SMILES string of the molecule is CN1C=C(Oc2cccc(C(F)(F)F)c2)CN1O. The molecular weight excluding hydrogens is 249 g/mol. The van der Waals surface area contributed by atoms with Crippen molar-refractivity contribution < 1.29 is 23.1 Å². The Kier molecular flexibility index (Phi) is 3.18. The summed E-state index contributed by atoms with van der Waals surface area (Å²) in [6.45, 7) is 0.0900. The zero-order chi connectivity index (χ0) is 13.3. The Morgan fingerprint density at radius 1 is 1.33 bits per heavy atom. The summed E-state index contributed by atoms with van der Waals surface area (Å²) in [5.74, 6) is 0.444. The Bertz CT molecular complexity index is 474. The van der Waals surface area contributed by atoms with Crippen LogP contribution in [0, 0.1) is 0 Å². The van der Waals surface area contributed by atoms with Gasteiger partial charge in [0.2, 0.25) is 0 Å². The van der Waals surface area contributed by atoms with E-state index in [9.17, 15) is 18.4 Å². The van der Waals surface area contributed by atoms with E-state index in [0.29, 0.717) is 5.76 Å². The minimum absolute atomic E-state index is 0.0831. The summed E-state index contributed by atoms with van der Waals surface area (Å²) in [7, 11) is 1.59. The van der Waals surface area contributed by atoms with Gasteiger partial charge in [0.25, 0.3) is 0 Å². The lowest BCUT2D eigenvalue weighted by Crippen LogP contribution is -2.28. The van der Waals surface area contributed by atoms with Crippen LogP contribution in [0.3, 0.4) is 0 Å². The number of ether oxygens (including phenoxy) is 1. The minimum atomic E-state index is -4.40. The average molecular weight is 260 g/mol. The van der Waals surface area contributed by atoms with E-state index in [4.69, 9.17) is 4.74 Å². The molecule has 0 saturated carbocycles. The number of hydrazine groups is 1. The topological polar surface area (TPSA) is 35.9 Å². The zero-order valence-corrected chi connectivity index (χ0v) is 9.48. The summed E-state index contributed by atoms with van der Waals surface area (Å²) in [5.41, 5.74) is -0.771. The highest BCUT2D eigenvalue weighted by Gasteiger charge is 2.30. The van der Waals surface area contributed by atoms with E-state index in [1.807, 2.05) is 0 Å². The maximum absolute atomic E-state index is 12.5. The van der Waals surface area contributed by atoms with E-state index in [0.717, 1.165) is 17.3 Å². The first-order valence-corrected chi connectivity index (χ1v) is 5.11.